The van der Waals surface area contributed by atoms with Crippen molar-refractivity contribution in [2.75, 3.05) is 0 Å². The van der Waals surface area contributed by atoms with Gasteiger partial charge in [-0.05, 0) is 52.0 Å². The van der Waals surface area contributed by atoms with Crippen LogP contribution in [0.3, 0.4) is 0 Å². The van der Waals surface area contributed by atoms with Crippen LogP contribution in [0.2, 0.25) is 0 Å². The third-order valence-corrected chi connectivity index (χ3v) is 5.66. The molecule has 0 amide bonds. The van der Waals surface area contributed by atoms with Crippen molar-refractivity contribution in [2.45, 2.75) is 38.2 Å². The molecule has 6 nitrogen and oxygen atoms in total. The van der Waals surface area contributed by atoms with E-state index in [0.29, 0.717) is 5.56 Å². The molecule has 0 fully saturated rings. The van der Waals surface area contributed by atoms with Crippen molar-refractivity contribution in [2.24, 2.45) is 0 Å². The highest BCUT2D eigenvalue weighted by Gasteiger charge is 2.22. The Morgan fingerprint density at radius 3 is 2.48 bits per heavy atom. The second-order valence-corrected chi connectivity index (χ2v) is 9.40. The molecule has 0 unspecified atom stereocenters. The first kappa shape index (κ1) is 20.7. The number of fused-ring (bicyclic) bond motifs is 1. The zero-order valence-electron chi connectivity index (χ0n) is 16.5. The molecule has 0 saturated heterocycles. The molecule has 0 radical (unpaired) electrons. The Labute approximate surface area is 168 Å². The summed E-state index contributed by atoms with van der Waals surface area (Å²) in [6.07, 6.45) is 4.82. The summed E-state index contributed by atoms with van der Waals surface area (Å²) in [5.74, 6) is -1.21. The van der Waals surface area contributed by atoms with Gasteiger partial charge in [-0.2, -0.15) is 0 Å². The van der Waals surface area contributed by atoms with Crippen LogP contribution in [-0.2, 0) is 19.6 Å². The molecule has 152 valence electrons. The van der Waals surface area contributed by atoms with Crippen LogP contribution in [0.5, 0.6) is 0 Å². The monoisotopic (exact) mass is 416 g/mol. The largest absolute Gasteiger partial charge is 0.457 e. The van der Waals surface area contributed by atoms with Crippen molar-refractivity contribution < 1.29 is 22.3 Å². The van der Waals surface area contributed by atoms with Crippen molar-refractivity contribution in [1.82, 2.24) is 8.96 Å². The van der Waals surface area contributed by atoms with E-state index in [1.165, 1.54) is 36.5 Å². The Morgan fingerprint density at radius 1 is 1.21 bits per heavy atom. The number of hydrogen-bond acceptors (Lipinski definition) is 5. The van der Waals surface area contributed by atoms with Crippen LogP contribution >= 0.6 is 0 Å². The van der Waals surface area contributed by atoms with Crippen molar-refractivity contribution in [3.63, 3.8) is 0 Å². The Balaban J connectivity index is 2.11. The van der Waals surface area contributed by atoms with Gasteiger partial charge in [0.05, 0.1) is 11.1 Å². The summed E-state index contributed by atoms with van der Waals surface area (Å²) in [6, 6.07) is 7.55. The first-order chi connectivity index (χ1) is 13.5. The smallest absolute Gasteiger partial charge is 0.331 e. The highest BCUT2D eigenvalue weighted by molar-refractivity contribution is 7.90. The van der Waals surface area contributed by atoms with Gasteiger partial charge in [0.2, 0.25) is 0 Å². The maximum Gasteiger partial charge on any atom is 0.331 e. The van der Waals surface area contributed by atoms with Crippen molar-refractivity contribution in [1.29, 1.82) is 0 Å². The maximum atomic E-state index is 13.8. The molecule has 0 aliphatic carbocycles. The molecule has 0 bridgehead atoms. The van der Waals surface area contributed by atoms with E-state index in [0.717, 1.165) is 15.7 Å². The van der Waals surface area contributed by atoms with Crippen LogP contribution in [0.25, 0.3) is 17.1 Å². The molecule has 3 rings (SSSR count). The molecular formula is C21H21FN2O4S. The van der Waals surface area contributed by atoms with Gasteiger partial charge in [0, 0.05) is 23.2 Å². The Morgan fingerprint density at radius 2 is 1.86 bits per heavy atom. The third kappa shape index (κ3) is 4.54. The third-order valence-electron chi connectivity index (χ3n) is 3.99. The number of rotatable bonds is 4. The number of benzene rings is 1. The van der Waals surface area contributed by atoms with Gasteiger partial charge in [-0.15, -0.1) is 0 Å². The van der Waals surface area contributed by atoms with E-state index in [1.54, 1.807) is 32.9 Å². The lowest BCUT2D eigenvalue weighted by molar-refractivity contribution is -0.148. The molecule has 3 aromatic rings. The van der Waals surface area contributed by atoms with Gasteiger partial charge >= 0.3 is 5.97 Å². The SMILES string of the molecule is Cc1ccc(S(=O)(=O)n2cc(/C=C/C(=O)OC(C)(C)C)c3cc(F)cnc32)cc1. The van der Waals surface area contributed by atoms with Gasteiger partial charge in [0.25, 0.3) is 10.0 Å². The number of ether oxygens (including phenoxy) is 1. The number of pyridine rings is 1. The van der Waals surface area contributed by atoms with E-state index in [4.69, 9.17) is 4.74 Å². The fourth-order valence-corrected chi connectivity index (χ4v) is 4.04. The molecule has 8 heteroatoms. The molecule has 2 aromatic heterocycles. The second-order valence-electron chi connectivity index (χ2n) is 7.59. The fraction of sp³-hybridized carbons (Fsp3) is 0.238. The summed E-state index contributed by atoms with van der Waals surface area (Å²) in [6.45, 7) is 7.06. The molecule has 0 spiro atoms. The molecule has 0 saturated carbocycles. The van der Waals surface area contributed by atoms with E-state index in [1.807, 2.05) is 6.92 Å². The highest BCUT2D eigenvalue weighted by atomic mass is 32.2. The van der Waals surface area contributed by atoms with Crippen LogP contribution < -0.4 is 0 Å². The predicted molar refractivity (Wildman–Crippen MR) is 108 cm³/mol. The van der Waals surface area contributed by atoms with Crippen LogP contribution in [-0.4, -0.2) is 28.9 Å². The standard InChI is InChI=1S/C21H21FN2O4S/c1-14-5-8-17(9-6-14)29(26,27)24-13-15(7-10-19(25)28-21(2,3)4)18-11-16(22)12-23-20(18)24/h5-13H,1-4H3/b10-7+. The van der Waals surface area contributed by atoms with Crippen molar-refractivity contribution in [3.8, 4) is 0 Å². The Hall–Kier alpha value is -3.00. The van der Waals surface area contributed by atoms with E-state index in [-0.39, 0.29) is 15.9 Å². The van der Waals surface area contributed by atoms with Gasteiger partial charge in [0.1, 0.15) is 11.4 Å². The van der Waals surface area contributed by atoms with Gasteiger partial charge in [-0.25, -0.2) is 26.6 Å². The van der Waals surface area contributed by atoms with Crippen LogP contribution in [0, 0.1) is 12.7 Å². The molecule has 29 heavy (non-hydrogen) atoms. The second kappa shape index (κ2) is 7.44. The molecule has 0 aliphatic rings. The molecule has 0 aliphatic heterocycles. The average molecular weight is 416 g/mol. The number of carbonyl (C=O) groups is 1. The number of halogens is 1. The number of aromatic nitrogens is 2. The van der Waals surface area contributed by atoms with Gasteiger partial charge in [-0.1, -0.05) is 17.7 Å². The number of carbonyl (C=O) groups excluding carboxylic acids is 1. The molecule has 1 aromatic carbocycles. The number of aryl methyl sites for hydroxylation is 1. The van der Waals surface area contributed by atoms with E-state index < -0.39 is 27.4 Å². The molecule has 0 atom stereocenters. The first-order valence-electron chi connectivity index (χ1n) is 8.87. The van der Waals surface area contributed by atoms with E-state index in [2.05, 4.69) is 4.98 Å². The summed E-state index contributed by atoms with van der Waals surface area (Å²) >= 11 is 0. The number of esters is 1. The van der Waals surface area contributed by atoms with Crippen LogP contribution in [0.15, 0.2) is 53.7 Å². The Bertz CT molecular complexity index is 1200. The zero-order chi connectivity index (χ0) is 21.4. The summed E-state index contributed by atoms with van der Waals surface area (Å²) in [4.78, 5) is 16.0. The minimum absolute atomic E-state index is 0.0656. The molecule has 0 N–H and O–H groups in total. The summed E-state index contributed by atoms with van der Waals surface area (Å²) in [7, 11) is -3.96. The normalized spacial score (nSPS) is 12.6. The zero-order valence-corrected chi connectivity index (χ0v) is 17.3. The minimum atomic E-state index is -3.96. The van der Waals surface area contributed by atoms with Crippen LogP contribution in [0.1, 0.15) is 31.9 Å². The molecular weight excluding hydrogens is 395 g/mol. The Kier molecular flexibility index (Phi) is 5.32. The highest BCUT2D eigenvalue weighted by Crippen LogP contribution is 2.26. The lowest BCUT2D eigenvalue weighted by Crippen LogP contribution is -2.22. The average Bonchev–Trinajstić information content (AvgIpc) is 2.97. The van der Waals surface area contributed by atoms with E-state index in [9.17, 15) is 17.6 Å². The number of hydrogen-bond donors (Lipinski definition) is 0. The summed E-state index contributed by atoms with van der Waals surface area (Å²) < 4.78 is 46.2. The van der Waals surface area contributed by atoms with E-state index >= 15 is 0 Å². The van der Waals surface area contributed by atoms with Gasteiger partial charge in [-0.3, -0.25) is 0 Å². The maximum absolute atomic E-state index is 13.8. The first-order valence-corrected chi connectivity index (χ1v) is 10.3. The fourth-order valence-electron chi connectivity index (χ4n) is 2.71. The van der Waals surface area contributed by atoms with Crippen molar-refractivity contribution in [3.05, 3.63) is 65.7 Å². The van der Waals surface area contributed by atoms with Crippen LogP contribution in [0.4, 0.5) is 4.39 Å². The van der Waals surface area contributed by atoms with Gasteiger partial charge in [0.15, 0.2) is 5.65 Å². The van der Waals surface area contributed by atoms with Crippen molar-refractivity contribution >= 4 is 33.1 Å². The number of nitrogens with zero attached hydrogens (tertiary/aromatic N) is 2. The van der Waals surface area contributed by atoms with Gasteiger partial charge < -0.3 is 4.74 Å². The predicted octanol–water partition coefficient (Wildman–Crippen LogP) is 4.08. The topological polar surface area (TPSA) is 78.3 Å². The lowest BCUT2D eigenvalue weighted by atomic mass is 10.2. The quantitative estimate of drug-likeness (QED) is 0.473. The molecule has 2 heterocycles. The lowest BCUT2D eigenvalue weighted by Gasteiger charge is -2.17. The summed E-state index contributed by atoms with van der Waals surface area (Å²) in [5, 5.41) is 0.264. The minimum Gasteiger partial charge on any atom is -0.457 e. The summed E-state index contributed by atoms with van der Waals surface area (Å²) in [5.41, 5.74) is 0.643.